The van der Waals surface area contributed by atoms with E-state index in [0.29, 0.717) is 11.1 Å². The van der Waals surface area contributed by atoms with Gasteiger partial charge in [-0.2, -0.15) is 0 Å². The minimum atomic E-state index is -0.387. The van der Waals surface area contributed by atoms with E-state index in [1.165, 1.54) is 18.2 Å². The molecule has 29 heavy (non-hydrogen) atoms. The number of piperidine rings is 1. The number of likely N-dealkylation sites (tertiary alicyclic amines) is 1. The molecule has 0 aliphatic carbocycles. The van der Waals surface area contributed by atoms with E-state index < -0.39 is 0 Å². The second kappa shape index (κ2) is 8.82. The first-order valence-electron chi connectivity index (χ1n) is 10.0. The van der Waals surface area contributed by atoms with Crippen molar-refractivity contribution in [2.45, 2.75) is 43.6 Å². The molecule has 5 nitrogen and oxygen atoms in total. The van der Waals surface area contributed by atoms with E-state index in [9.17, 15) is 4.79 Å². The van der Waals surface area contributed by atoms with Crippen molar-refractivity contribution < 1.29 is 9.21 Å². The van der Waals surface area contributed by atoms with Gasteiger partial charge in [0.1, 0.15) is 5.25 Å². The number of hydrogen-bond acceptors (Lipinski definition) is 5. The SMILES string of the molecule is Cc1cc(C)cc(-c2nnc(S[C@H](C(=O)N3CCCCC3)c3ccccc3)o2)c1. The van der Waals surface area contributed by atoms with Gasteiger partial charge in [-0.25, -0.2) is 0 Å². The van der Waals surface area contributed by atoms with Crippen LogP contribution in [-0.4, -0.2) is 34.1 Å². The van der Waals surface area contributed by atoms with Gasteiger partial charge in [0, 0.05) is 18.7 Å². The van der Waals surface area contributed by atoms with E-state index in [1.807, 2.05) is 61.2 Å². The fraction of sp³-hybridized carbons (Fsp3) is 0.348. The summed E-state index contributed by atoms with van der Waals surface area (Å²) in [6.45, 7) is 5.73. The van der Waals surface area contributed by atoms with Gasteiger partial charge in [-0.1, -0.05) is 47.5 Å². The molecule has 6 heteroatoms. The molecule has 4 rings (SSSR count). The van der Waals surface area contributed by atoms with Crippen LogP contribution in [0.5, 0.6) is 0 Å². The Balaban J connectivity index is 1.59. The van der Waals surface area contributed by atoms with Crippen molar-refractivity contribution in [1.29, 1.82) is 0 Å². The van der Waals surface area contributed by atoms with Crippen LogP contribution < -0.4 is 0 Å². The largest absolute Gasteiger partial charge is 0.411 e. The molecule has 1 atom stereocenters. The number of rotatable bonds is 5. The minimum Gasteiger partial charge on any atom is -0.411 e. The summed E-state index contributed by atoms with van der Waals surface area (Å²) in [6, 6.07) is 16.0. The summed E-state index contributed by atoms with van der Waals surface area (Å²) < 4.78 is 5.94. The van der Waals surface area contributed by atoms with Gasteiger partial charge in [-0.3, -0.25) is 4.79 Å². The molecule has 0 bridgehead atoms. The average Bonchev–Trinajstić information content (AvgIpc) is 3.21. The Labute approximate surface area is 175 Å². The predicted molar refractivity (Wildman–Crippen MR) is 115 cm³/mol. The molecule has 3 aromatic rings. The third-order valence-corrected chi connectivity index (χ3v) is 6.16. The van der Waals surface area contributed by atoms with Crippen molar-refractivity contribution in [3.8, 4) is 11.5 Å². The fourth-order valence-electron chi connectivity index (χ4n) is 3.74. The molecular formula is C23H25N3O2S. The Kier molecular flexibility index (Phi) is 6.00. The number of carbonyl (C=O) groups is 1. The molecule has 0 radical (unpaired) electrons. The second-order valence-electron chi connectivity index (χ2n) is 7.54. The predicted octanol–water partition coefficient (Wildman–Crippen LogP) is 5.20. The van der Waals surface area contributed by atoms with Crippen LogP contribution in [0.2, 0.25) is 0 Å². The maximum Gasteiger partial charge on any atom is 0.277 e. The summed E-state index contributed by atoms with van der Waals surface area (Å²) in [5.74, 6) is 0.601. The standard InChI is InChI=1S/C23H25N3O2S/c1-16-13-17(2)15-19(14-16)21-24-25-23(28-21)29-20(18-9-5-3-6-10-18)22(27)26-11-7-4-8-12-26/h3,5-6,9-10,13-15,20H,4,7-8,11-12H2,1-2H3/t20-/m0/s1. The summed E-state index contributed by atoms with van der Waals surface area (Å²) in [5, 5.41) is 8.47. The summed E-state index contributed by atoms with van der Waals surface area (Å²) in [7, 11) is 0. The highest BCUT2D eigenvalue weighted by molar-refractivity contribution is 8.00. The highest BCUT2D eigenvalue weighted by Crippen LogP contribution is 2.37. The van der Waals surface area contributed by atoms with Crippen LogP contribution in [0.3, 0.4) is 0 Å². The number of nitrogens with zero attached hydrogens (tertiary/aromatic N) is 3. The van der Waals surface area contributed by atoms with Gasteiger partial charge >= 0.3 is 0 Å². The highest BCUT2D eigenvalue weighted by Gasteiger charge is 2.29. The molecule has 2 aromatic carbocycles. The minimum absolute atomic E-state index is 0.118. The molecule has 1 aliphatic heterocycles. The van der Waals surface area contributed by atoms with Crippen LogP contribution in [0.1, 0.15) is 41.2 Å². The molecular weight excluding hydrogens is 382 g/mol. The summed E-state index contributed by atoms with van der Waals surface area (Å²) in [4.78, 5) is 15.3. The van der Waals surface area contributed by atoms with Gasteiger partial charge in [0.15, 0.2) is 0 Å². The number of amides is 1. The lowest BCUT2D eigenvalue weighted by Gasteiger charge is -2.29. The van der Waals surface area contributed by atoms with E-state index in [2.05, 4.69) is 16.3 Å². The highest BCUT2D eigenvalue weighted by atomic mass is 32.2. The number of aryl methyl sites for hydroxylation is 2. The van der Waals surface area contributed by atoms with Gasteiger partial charge in [0.2, 0.25) is 11.8 Å². The van der Waals surface area contributed by atoms with E-state index in [0.717, 1.165) is 48.2 Å². The van der Waals surface area contributed by atoms with Gasteiger partial charge in [0.05, 0.1) is 0 Å². The lowest BCUT2D eigenvalue weighted by Crippen LogP contribution is -2.38. The molecule has 0 saturated carbocycles. The van der Waals surface area contributed by atoms with Crippen molar-refractivity contribution in [1.82, 2.24) is 15.1 Å². The third-order valence-electron chi connectivity index (χ3n) is 5.09. The van der Waals surface area contributed by atoms with Gasteiger partial charge in [-0.05, 0) is 62.6 Å². The van der Waals surface area contributed by atoms with E-state index in [1.54, 1.807) is 0 Å². The number of aromatic nitrogens is 2. The zero-order valence-electron chi connectivity index (χ0n) is 16.8. The normalized spacial score (nSPS) is 15.3. The summed E-state index contributed by atoms with van der Waals surface area (Å²) >= 11 is 1.34. The van der Waals surface area contributed by atoms with Crippen LogP contribution in [0.25, 0.3) is 11.5 Å². The zero-order chi connectivity index (χ0) is 20.2. The van der Waals surface area contributed by atoms with Crippen molar-refractivity contribution >= 4 is 17.7 Å². The van der Waals surface area contributed by atoms with Gasteiger partial charge < -0.3 is 9.32 Å². The van der Waals surface area contributed by atoms with Crippen LogP contribution >= 0.6 is 11.8 Å². The smallest absolute Gasteiger partial charge is 0.277 e. The quantitative estimate of drug-likeness (QED) is 0.544. The molecule has 150 valence electrons. The number of carbonyl (C=O) groups excluding carboxylic acids is 1. The zero-order valence-corrected chi connectivity index (χ0v) is 17.6. The van der Waals surface area contributed by atoms with E-state index in [-0.39, 0.29) is 11.2 Å². The van der Waals surface area contributed by atoms with Crippen LogP contribution in [0.15, 0.2) is 58.2 Å². The van der Waals surface area contributed by atoms with Crippen molar-refractivity contribution in [2.75, 3.05) is 13.1 Å². The topological polar surface area (TPSA) is 59.2 Å². The molecule has 0 unspecified atom stereocenters. The molecule has 1 aliphatic rings. The maximum atomic E-state index is 13.3. The average molecular weight is 408 g/mol. The Hall–Kier alpha value is -2.60. The molecule has 2 heterocycles. The summed E-state index contributed by atoms with van der Waals surface area (Å²) in [5.41, 5.74) is 4.16. The van der Waals surface area contributed by atoms with Crippen LogP contribution in [-0.2, 0) is 4.79 Å². The Morgan fingerprint density at radius 3 is 2.38 bits per heavy atom. The van der Waals surface area contributed by atoms with Crippen LogP contribution in [0.4, 0.5) is 0 Å². The number of hydrogen-bond donors (Lipinski definition) is 0. The lowest BCUT2D eigenvalue weighted by molar-refractivity contribution is -0.131. The first-order chi connectivity index (χ1) is 14.1. The van der Waals surface area contributed by atoms with E-state index >= 15 is 0 Å². The third kappa shape index (κ3) is 4.70. The molecule has 0 spiro atoms. The Morgan fingerprint density at radius 1 is 1.00 bits per heavy atom. The first kappa shape index (κ1) is 19.7. The van der Waals surface area contributed by atoms with Gasteiger partial charge in [-0.15, -0.1) is 10.2 Å². The molecule has 1 fully saturated rings. The fourth-order valence-corrected chi connectivity index (χ4v) is 4.70. The number of thioether (sulfide) groups is 1. The van der Waals surface area contributed by atoms with Crippen molar-refractivity contribution in [3.05, 3.63) is 65.2 Å². The first-order valence-corrected chi connectivity index (χ1v) is 10.9. The molecule has 0 N–H and O–H groups in total. The molecule has 1 aromatic heterocycles. The molecule has 1 amide bonds. The Morgan fingerprint density at radius 2 is 1.69 bits per heavy atom. The van der Waals surface area contributed by atoms with Crippen molar-refractivity contribution in [3.63, 3.8) is 0 Å². The number of benzene rings is 2. The monoisotopic (exact) mass is 407 g/mol. The summed E-state index contributed by atoms with van der Waals surface area (Å²) in [6.07, 6.45) is 3.32. The molecule has 1 saturated heterocycles. The van der Waals surface area contributed by atoms with Crippen molar-refractivity contribution in [2.24, 2.45) is 0 Å². The van der Waals surface area contributed by atoms with Crippen LogP contribution in [0, 0.1) is 13.8 Å². The Bertz CT molecular complexity index is 961. The maximum absolute atomic E-state index is 13.3. The van der Waals surface area contributed by atoms with Gasteiger partial charge in [0.25, 0.3) is 5.22 Å². The lowest BCUT2D eigenvalue weighted by atomic mass is 10.1. The van der Waals surface area contributed by atoms with E-state index in [4.69, 9.17) is 4.42 Å². The second-order valence-corrected chi connectivity index (χ2v) is 8.60.